The molecule has 7 nitrogen and oxygen atoms in total. The number of morpholine rings is 1. The lowest BCUT2D eigenvalue weighted by atomic mass is 10.1. The third-order valence-electron chi connectivity index (χ3n) is 6.84. The van der Waals surface area contributed by atoms with Gasteiger partial charge < -0.3 is 23.7 Å². The van der Waals surface area contributed by atoms with E-state index in [0.29, 0.717) is 51.4 Å². The van der Waals surface area contributed by atoms with E-state index >= 15 is 0 Å². The highest BCUT2D eigenvalue weighted by Gasteiger charge is 2.27. The number of carbonyl (C=O) groups is 2. The second kappa shape index (κ2) is 12.0. The molecule has 1 fully saturated rings. The van der Waals surface area contributed by atoms with Gasteiger partial charge in [-0.1, -0.05) is 48.5 Å². The summed E-state index contributed by atoms with van der Waals surface area (Å²) in [7, 11) is 0. The average molecular weight is 579 g/mol. The predicted molar refractivity (Wildman–Crippen MR) is 151 cm³/mol. The van der Waals surface area contributed by atoms with Crippen molar-refractivity contribution in [1.82, 2.24) is 9.47 Å². The van der Waals surface area contributed by atoms with Crippen molar-refractivity contribution in [2.75, 3.05) is 39.5 Å². The van der Waals surface area contributed by atoms with Gasteiger partial charge in [-0.25, -0.2) is 4.79 Å². The summed E-state index contributed by atoms with van der Waals surface area (Å²) in [6.07, 6.45) is 1.29. The third kappa shape index (κ3) is 5.42. The Hall–Kier alpha value is -3.36. The first-order valence-corrected chi connectivity index (χ1v) is 13.8. The molecule has 198 valence electrons. The maximum atomic E-state index is 13.3. The van der Waals surface area contributed by atoms with Crippen molar-refractivity contribution >= 4 is 49.5 Å². The highest BCUT2D eigenvalue weighted by atomic mass is 79.9. The molecule has 5 rings (SSSR count). The topological polar surface area (TPSA) is 70.0 Å². The van der Waals surface area contributed by atoms with Gasteiger partial charge in [-0.15, -0.1) is 0 Å². The number of amides is 1. The standard InChI is InChI=1S/C30H31BrN2O5/c1-2-37-30(35)29-24(12-7-17-38-26-14-5-9-21-8-3-4-10-22(21)26)23-11-6-13-25(31)28(23)33(29)20-27(34)32-15-18-36-19-16-32/h3-6,8-11,13-14H,2,7,12,15-20H2,1H3. The molecule has 38 heavy (non-hydrogen) atoms. The highest BCUT2D eigenvalue weighted by Crippen LogP contribution is 2.34. The summed E-state index contributed by atoms with van der Waals surface area (Å²) in [6.45, 7) is 4.73. The molecule has 1 saturated heterocycles. The minimum absolute atomic E-state index is 0.0441. The zero-order valence-corrected chi connectivity index (χ0v) is 23.0. The minimum atomic E-state index is -0.421. The molecule has 1 amide bonds. The number of carbonyl (C=O) groups excluding carboxylic acids is 2. The van der Waals surface area contributed by atoms with Crippen LogP contribution in [-0.2, 0) is 27.2 Å². The van der Waals surface area contributed by atoms with E-state index in [4.69, 9.17) is 14.2 Å². The molecule has 2 heterocycles. The summed E-state index contributed by atoms with van der Waals surface area (Å²) in [6, 6.07) is 20.1. The molecule has 0 aliphatic carbocycles. The van der Waals surface area contributed by atoms with E-state index in [-0.39, 0.29) is 19.1 Å². The summed E-state index contributed by atoms with van der Waals surface area (Å²) in [4.78, 5) is 28.3. The molecular weight excluding hydrogens is 548 g/mol. The van der Waals surface area contributed by atoms with Gasteiger partial charge in [-0.2, -0.15) is 0 Å². The number of hydrogen-bond acceptors (Lipinski definition) is 5. The van der Waals surface area contributed by atoms with Crippen LogP contribution >= 0.6 is 15.9 Å². The Balaban J connectivity index is 1.43. The van der Waals surface area contributed by atoms with Crippen LogP contribution in [0.2, 0.25) is 0 Å². The molecular formula is C30H31BrN2O5. The fourth-order valence-electron chi connectivity index (χ4n) is 5.08. The molecule has 4 aromatic rings. The third-order valence-corrected chi connectivity index (χ3v) is 7.48. The molecule has 0 N–H and O–H groups in total. The van der Waals surface area contributed by atoms with Gasteiger partial charge in [-0.05, 0) is 58.8 Å². The van der Waals surface area contributed by atoms with Gasteiger partial charge in [0, 0.05) is 28.3 Å². The fraction of sp³-hybridized carbons (Fsp3) is 0.333. The average Bonchev–Trinajstić information content (AvgIpc) is 3.25. The van der Waals surface area contributed by atoms with Gasteiger partial charge in [0.15, 0.2) is 0 Å². The second-order valence-electron chi connectivity index (χ2n) is 9.19. The number of para-hydroxylation sites is 1. The van der Waals surface area contributed by atoms with Crippen LogP contribution in [0.3, 0.4) is 0 Å². The lowest BCUT2D eigenvalue weighted by Gasteiger charge is -2.27. The number of ether oxygens (including phenoxy) is 3. The van der Waals surface area contributed by atoms with Gasteiger partial charge in [0.1, 0.15) is 18.0 Å². The van der Waals surface area contributed by atoms with E-state index < -0.39 is 5.97 Å². The Bertz CT molecular complexity index is 1450. The molecule has 0 spiro atoms. The van der Waals surface area contributed by atoms with Gasteiger partial charge in [0.05, 0.1) is 31.9 Å². The number of aryl methyl sites for hydroxylation is 1. The molecule has 3 aromatic carbocycles. The summed E-state index contributed by atoms with van der Waals surface area (Å²) in [5.74, 6) is 0.377. The molecule has 8 heteroatoms. The van der Waals surface area contributed by atoms with Crippen molar-refractivity contribution in [2.24, 2.45) is 0 Å². The van der Waals surface area contributed by atoms with Crippen LogP contribution in [-0.4, -0.2) is 60.9 Å². The van der Waals surface area contributed by atoms with Gasteiger partial charge >= 0.3 is 5.97 Å². The van der Waals surface area contributed by atoms with E-state index in [9.17, 15) is 9.59 Å². The molecule has 0 atom stereocenters. The SMILES string of the molecule is CCOC(=O)c1c(CCCOc2cccc3ccccc23)c2cccc(Br)c2n1CC(=O)N1CCOCC1. The van der Waals surface area contributed by atoms with Crippen molar-refractivity contribution in [3.05, 3.63) is 76.4 Å². The molecule has 0 saturated carbocycles. The second-order valence-corrected chi connectivity index (χ2v) is 10.0. The Labute approximate surface area is 230 Å². The summed E-state index contributed by atoms with van der Waals surface area (Å²) >= 11 is 3.66. The summed E-state index contributed by atoms with van der Waals surface area (Å²) in [5, 5.41) is 3.14. The van der Waals surface area contributed by atoms with E-state index in [1.807, 2.05) is 47.0 Å². The number of aromatic nitrogens is 1. The van der Waals surface area contributed by atoms with Gasteiger partial charge in [-0.3, -0.25) is 4.79 Å². The van der Waals surface area contributed by atoms with E-state index in [1.54, 1.807) is 11.8 Å². The molecule has 1 aliphatic heterocycles. The van der Waals surface area contributed by atoms with Crippen molar-refractivity contribution in [3.8, 4) is 5.75 Å². The van der Waals surface area contributed by atoms with Crippen LogP contribution in [0.25, 0.3) is 21.7 Å². The Morgan fingerprint density at radius 2 is 1.71 bits per heavy atom. The maximum absolute atomic E-state index is 13.3. The smallest absolute Gasteiger partial charge is 0.355 e. The number of benzene rings is 3. The number of nitrogens with zero attached hydrogens (tertiary/aromatic N) is 2. The number of fused-ring (bicyclic) bond motifs is 2. The van der Waals surface area contributed by atoms with Gasteiger partial charge in [0.2, 0.25) is 5.91 Å². The van der Waals surface area contributed by atoms with Crippen LogP contribution in [0.5, 0.6) is 5.75 Å². The van der Waals surface area contributed by atoms with Crippen LogP contribution in [0.1, 0.15) is 29.4 Å². The Morgan fingerprint density at radius 1 is 0.974 bits per heavy atom. The van der Waals surface area contributed by atoms with Crippen molar-refractivity contribution in [2.45, 2.75) is 26.3 Å². The lowest BCUT2D eigenvalue weighted by Crippen LogP contribution is -2.42. The van der Waals surface area contributed by atoms with Crippen molar-refractivity contribution < 1.29 is 23.8 Å². The van der Waals surface area contributed by atoms with Gasteiger partial charge in [0.25, 0.3) is 0 Å². The number of rotatable bonds is 9. The van der Waals surface area contributed by atoms with Crippen LogP contribution in [0.4, 0.5) is 0 Å². The zero-order valence-electron chi connectivity index (χ0n) is 21.5. The first kappa shape index (κ1) is 26.3. The van der Waals surface area contributed by atoms with Crippen molar-refractivity contribution in [3.63, 3.8) is 0 Å². The molecule has 0 unspecified atom stereocenters. The quantitative estimate of drug-likeness (QED) is 0.191. The number of halogens is 1. The fourth-order valence-corrected chi connectivity index (χ4v) is 5.66. The largest absolute Gasteiger partial charge is 0.493 e. The van der Waals surface area contributed by atoms with Crippen LogP contribution < -0.4 is 4.74 Å². The number of hydrogen-bond donors (Lipinski definition) is 0. The predicted octanol–water partition coefficient (Wildman–Crippen LogP) is 5.60. The molecule has 0 bridgehead atoms. The van der Waals surface area contributed by atoms with Crippen LogP contribution in [0.15, 0.2) is 65.1 Å². The lowest BCUT2D eigenvalue weighted by molar-refractivity contribution is -0.135. The van der Waals surface area contributed by atoms with Crippen molar-refractivity contribution in [1.29, 1.82) is 0 Å². The summed E-state index contributed by atoms with van der Waals surface area (Å²) in [5.41, 5.74) is 2.12. The highest BCUT2D eigenvalue weighted by molar-refractivity contribution is 9.10. The molecule has 1 aromatic heterocycles. The maximum Gasteiger partial charge on any atom is 0.355 e. The minimum Gasteiger partial charge on any atom is -0.493 e. The van der Waals surface area contributed by atoms with E-state index in [0.717, 1.165) is 37.5 Å². The zero-order chi connectivity index (χ0) is 26.5. The number of esters is 1. The van der Waals surface area contributed by atoms with E-state index in [1.165, 1.54) is 0 Å². The van der Waals surface area contributed by atoms with E-state index in [2.05, 4.69) is 34.1 Å². The van der Waals surface area contributed by atoms with Crippen LogP contribution in [0, 0.1) is 0 Å². The normalized spacial score (nSPS) is 13.7. The summed E-state index contributed by atoms with van der Waals surface area (Å²) < 4.78 is 19.7. The molecule has 1 aliphatic rings. The Morgan fingerprint density at radius 3 is 2.53 bits per heavy atom. The first-order valence-electron chi connectivity index (χ1n) is 13.0. The first-order chi connectivity index (χ1) is 18.6. The molecule has 0 radical (unpaired) electrons. The Kier molecular flexibility index (Phi) is 8.29. The monoisotopic (exact) mass is 578 g/mol.